The van der Waals surface area contributed by atoms with Gasteiger partial charge in [0.25, 0.3) is 5.91 Å². The van der Waals surface area contributed by atoms with Gasteiger partial charge in [-0.2, -0.15) is 5.10 Å². The molecule has 1 heterocycles. The number of nitrogens with one attached hydrogen (secondary N) is 2. The number of furan rings is 1. The van der Waals surface area contributed by atoms with Crippen LogP contribution in [0.4, 0.5) is 5.69 Å². The Hall–Kier alpha value is -4.07. The number of fused-ring (bicyclic) bond motifs is 1. The molecule has 0 saturated heterocycles. The molecule has 0 bridgehead atoms. The lowest BCUT2D eigenvalue weighted by Crippen LogP contribution is -2.23. The number of hydrazone groups is 1. The third-order valence-electron chi connectivity index (χ3n) is 5.71. The molecular formula is C26H27N3O5. The Morgan fingerprint density at radius 3 is 2.59 bits per heavy atom. The largest absolute Gasteiger partial charge is 0.497 e. The number of methoxy groups -OCH3 is 2. The van der Waals surface area contributed by atoms with Crippen molar-refractivity contribution in [3.8, 4) is 11.5 Å². The molecule has 0 unspecified atom stereocenters. The normalized spacial score (nSPS) is 13.8. The third kappa shape index (κ3) is 4.96. The van der Waals surface area contributed by atoms with Crippen molar-refractivity contribution in [1.82, 2.24) is 5.43 Å². The number of amides is 2. The lowest BCUT2D eigenvalue weighted by Gasteiger charge is -2.13. The molecule has 34 heavy (non-hydrogen) atoms. The van der Waals surface area contributed by atoms with Gasteiger partial charge in [0.1, 0.15) is 17.3 Å². The number of hydrogen-bond acceptors (Lipinski definition) is 6. The highest BCUT2D eigenvalue weighted by atomic mass is 16.5. The third-order valence-corrected chi connectivity index (χ3v) is 5.71. The first kappa shape index (κ1) is 23.1. The van der Waals surface area contributed by atoms with Gasteiger partial charge in [-0.3, -0.25) is 9.59 Å². The summed E-state index contributed by atoms with van der Waals surface area (Å²) in [5.41, 5.74) is 6.26. The van der Waals surface area contributed by atoms with Crippen LogP contribution in [0, 0.1) is 6.92 Å². The van der Waals surface area contributed by atoms with Crippen LogP contribution < -0.4 is 20.2 Å². The topological polar surface area (TPSA) is 102 Å². The van der Waals surface area contributed by atoms with Gasteiger partial charge >= 0.3 is 0 Å². The zero-order valence-electron chi connectivity index (χ0n) is 19.4. The molecule has 1 aliphatic carbocycles. The summed E-state index contributed by atoms with van der Waals surface area (Å²) in [5, 5.41) is 7.22. The quantitative estimate of drug-likeness (QED) is 0.512. The van der Waals surface area contributed by atoms with E-state index in [1.54, 1.807) is 25.3 Å². The fourth-order valence-corrected chi connectivity index (χ4v) is 4.03. The summed E-state index contributed by atoms with van der Waals surface area (Å²) >= 11 is 0. The molecule has 1 aliphatic rings. The van der Waals surface area contributed by atoms with Crippen molar-refractivity contribution < 1.29 is 23.5 Å². The predicted molar refractivity (Wildman–Crippen MR) is 129 cm³/mol. The van der Waals surface area contributed by atoms with Crippen LogP contribution in [-0.4, -0.2) is 31.7 Å². The van der Waals surface area contributed by atoms with E-state index in [1.165, 1.54) is 7.11 Å². The number of nitrogens with zero attached hydrogens (tertiary/aromatic N) is 1. The average Bonchev–Trinajstić information content (AvgIpc) is 3.20. The maximum Gasteiger partial charge on any atom is 0.291 e. The van der Waals surface area contributed by atoms with Gasteiger partial charge in [0.05, 0.1) is 32.0 Å². The number of rotatable bonds is 7. The molecule has 3 aromatic rings. The Morgan fingerprint density at radius 1 is 1.06 bits per heavy atom. The van der Waals surface area contributed by atoms with Gasteiger partial charge in [0.2, 0.25) is 5.91 Å². The van der Waals surface area contributed by atoms with E-state index in [2.05, 4.69) is 15.8 Å². The zero-order valence-corrected chi connectivity index (χ0v) is 19.4. The SMILES string of the molecule is COc1ccc(NC(=O)c2oc3c(c2C)/C(=N/NC(=O)Cc2ccccc2)CCC3)c(OC)c1. The maximum atomic E-state index is 13.1. The smallest absolute Gasteiger partial charge is 0.291 e. The van der Waals surface area contributed by atoms with E-state index in [-0.39, 0.29) is 24.0 Å². The van der Waals surface area contributed by atoms with Crippen LogP contribution in [-0.2, 0) is 17.6 Å². The van der Waals surface area contributed by atoms with Crippen LogP contribution in [0.2, 0.25) is 0 Å². The maximum absolute atomic E-state index is 13.1. The molecule has 8 heteroatoms. The summed E-state index contributed by atoms with van der Waals surface area (Å²) in [4.78, 5) is 25.4. The second kappa shape index (κ2) is 10.2. The second-order valence-corrected chi connectivity index (χ2v) is 7.98. The first-order chi connectivity index (χ1) is 16.5. The molecule has 0 aliphatic heterocycles. The molecular weight excluding hydrogens is 434 g/mol. The summed E-state index contributed by atoms with van der Waals surface area (Å²) in [6.45, 7) is 1.83. The Kier molecular flexibility index (Phi) is 6.96. The van der Waals surface area contributed by atoms with E-state index in [1.807, 2.05) is 37.3 Å². The Bertz CT molecular complexity index is 1230. The molecule has 176 valence electrons. The van der Waals surface area contributed by atoms with Crippen molar-refractivity contribution in [2.75, 3.05) is 19.5 Å². The van der Waals surface area contributed by atoms with Crippen LogP contribution >= 0.6 is 0 Å². The molecule has 0 saturated carbocycles. The monoisotopic (exact) mass is 461 g/mol. The van der Waals surface area contributed by atoms with E-state index < -0.39 is 0 Å². The fourth-order valence-electron chi connectivity index (χ4n) is 4.03. The summed E-state index contributed by atoms with van der Waals surface area (Å²) in [6, 6.07) is 14.6. The minimum Gasteiger partial charge on any atom is -0.497 e. The molecule has 0 radical (unpaired) electrons. The van der Waals surface area contributed by atoms with Crippen molar-refractivity contribution >= 4 is 23.2 Å². The Labute approximate surface area is 197 Å². The number of aryl methyl sites for hydroxylation is 1. The molecule has 2 N–H and O–H groups in total. The second-order valence-electron chi connectivity index (χ2n) is 7.98. The molecule has 0 atom stereocenters. The number of hydrogen-bond donors (Lipinski definition) is 2. The highest BCUT2D eigenvalue weighted by Crippen LogP contribution is 2.32. The van der Waals surface area contributed by atoms with Gasteiger partial charge in [-0.25, -0.2) is 5.43 Å². The van der Waals surface area contributed by atoms with Crippen LogP contribution in [0.5, 0.6) is 11.5 Å². The number of ether oxygens (including phenoxy) is 2. The average molecular weight is 462 g/mol. The minimum atomic E-state index is -0.386. The van der Waals surface area contributed by atoms with Crippen molar-refractivity contribution in [3.63, 3.8) is 0 Å². The van der Waals surface area contributed by atoms with Gasteiger partial charge in [-0.1, -0.05) is 30.3 Å². The number of benzene rings is 2. The molecule has 0 spiro atoms. The van der Waals surface area contributed by atoms with E-state index in [9.17, 15) is 9.59 Å². The minimum absolute atomic E-state index is 0.198. The van der Waals surface area contributed by atoms with Gasteiger partial charge in [-0.05, 0) is 37.5 Å². The molecule has 0 fully saturated rings. The zero-order chi connectivity index (χ0) is 24.1. The molecule has 2 aromatic carbocycles. The first-order valence-electron chi connectivity index (χ1n) is 11.1. The predicted octanol–water partition coefficient (Wildman–Crippen LogP) is 4.26. The van der Waals surface area contributed by atoms with E-state index in [4.69, 9.17) is 13.9 Å². The van der Waals surface area contributed by atoms with Crippen molar-refractivity contribution in [2.45, 2.75) is 32.6 Å². The van der Waals surface area contributed by atoms with Gasteiger partial charge in [0, 0.05) is 23.6 Å². The highest BCUT2D eigenvalue weighted by molar-refractivity contribution is 6.09. The highest BCUT2D eigenvalue weighted by Gasteiger charge is 2.28. The van der Waals surface area contributed by atoms with Crippen LogP contribution in [0.3, 0.4) is 0 Å². The molecule has 1 aromatic heterocycles. The van der Waals surface area contributed by atoms with E-state index >= 15 is 0 Å². The summed E-state index contributed by atoms with van der Waals surface area (Å²) < 4.78 is 16.5. The van der Waals surface area contributed by atoms with Crippen LogP contribution in [0.15, 0.2) is 58.0 Å². The Morgan fingerprint density at radius 2 is 1.85 bits per heavy atom. The Balaban J connectivity index is 1.52. The fraction of sp³-hybridized carbons (Fsp3) is 0.269. The van der Waals surface area contributed by atoms with Crippen molar-refractivity contribution in [2.24, 2.45) is 5.10 Å². The molecule has 8 nitrogen and oxygen atoms in total. The summed E-state index contributed by atoms with van der Waals surface area (Å²) in [6.07, 6.45) is 2.45. The number of carbonyl (C=O) groups excluding carboxylic acids is 2. The standard InChI is InChI=1S/C26H27N3O5/c1-16-24-20(28-29-23(30)14-17-8-5-4-6-9-17)10-7-11-21(24)34-25(16)26(31)27-19-13-12-18(32-2)15-22(19)33-3/h4-6,8-9,12-13,15H,7,10-11,14H2,1-3H3,(H,27,31)(H,29,30)/b28-20+. The van der Waals surface area contributed by atoms with Crippen LogP contribution in [0.1, 0.15) is 45.8 Å². The molecule has 4 rings (SSSR count). The first-order valence-corrected chi connectivity index (χ1v) is 11.1. The van der Waals surface area contributed by atoms with Crippen LogP contribution in [0.25, 0.3) is 0 Å². The summed E-state index contributed by atoms with van der Waals surface area (Å²) in [7, 11) is 3.09. The number of anilines is 1. The van der Waals surface area contributed by atoms with Gasteiger partial charge in [-0.15, -0.1) is 0 Å². The number of carbonyl (C=O) groups is 2. The lowest BCUT2D eigenvalue weighted by molar-refractivity contribution is -0.120. The molecule has 2 amide bonds. The van der Waals surface area contributed by atoms with Gasteiger partial charge in [0.15, 0.2) is 5.76 Å². The van der Waals surface area contributed by atoms with Gasteiger partial charge < -0.3 is 19.2 Å². The lowest BCUT2D eigenvalue weighted by atomic mass is 9.93. The van der Waals surface area contributed by atoms with E-state index in [0.717, 1.165) is 17.5 Å². The van der Waals surface area contributed by atoms with Crippen molar-refractivity contribution in [1.29, 1.82) is 0 Å². The van der Waals surface area contributed by atoms with Crippen molar-refractivity contribution in [3.05, 3.63) is 76.7 Å². The van der Waals surface area contributed by atoms with E-state index in [0.29, 0.717) is 47.1 Å². The summed E-state index contributed by atoms with van der Waals surface area (Å²) in [5.74, 6) is 1.43.